The van der Waals surface area contributed by atoms with E-state index in [1.165, 1.54) is 12.8 Å². The third kappa shape index (κ3) is 3.98. The molecule has 19 heavy (non-hydrogen) atoms. The Hall–Kier alpha value is -2.03. The maximum Gasteiger partial charge on any atom is 0.169 e. The van der Waals surface area contributed by atoms with Gasteiger partial charge in [0.1, 0.15) is 5.75 Å². The van der Waals surface area contributed by atoms with Crippen LogP contribution in [0.5, 0.6) is 17.2 Å². The van der Waals surface area contributed by atoms with Crippen LogP contribution in [-0.4, -0.2) is 10.1 Å². The largest absolute Gasteiger partial charge is 0.504 e. The van der Waals surface area contributed by atoms with E-state index in [-0.39, 0.29) is 5.75 Å². The second-order valence-electron chi connectivity index (χ2n) is 4.55. The van der Waals surface area contributed by atoms with Crippen LogP contribution in [0.3, 0.4) is 0 Å². The van der Waals surface area contributed by atoms with Crippen molar-refractivity contribution in [2.75, 3.05) is 0 Å². The smallest absolute Gasteiger partial charge is 0.169 e. The van der Waals surface area contributed by atoms with Gasteiger partial charge in [0.25, 0.3) is 0 Å². The molecule has 3 nitrogen and oxygen atoms in total. The molecular weight excluding hydrogens is 238 g/mol. The molecule has 0 saturated carbocycles. The summed E-state index contributed by atoms with van der Waals surface area (Å²) >= 11 is 0. The number of aromatic hydroxyl groups is 1. The highest BCUT2D eigenvalue weighted by molar-refractivity contribution is 5.44. The number of phenols is 1. The molecule has 1 N–H and O–H groups in total. The minimum absolute atomic E-state index is 0.179. The van der Waals surface area contributed by atoms with Crippen molar-refractivity contribution in [1.29, 1.82) is 0 Å². The van der Waals surface area contributed by atoms with Gasteiger partial charge in [0.2, 0.25) is 0 Å². The number of ether oxygens (including phenoxy) is 1. The molecule has 1 heterocycles. The van der Waals surface area contributed by atoms with Crippen LogP contribution < -0.4 is 4.74 Å². The summed E-state index contributed by atoms with van der Waals surface area (Å²) in [5, 5.41) is 9.96. The molecule has 0 aliphatic rings. The summed E-state index contributed by atoms with van der Waals surface area (Å²) < 4.78 is 5.58. The number of hydrogen-bond acceptors (Lipinski definition) is 3. The molecule has 0 saturated heterocycles. The molecule has 0 radical (unpaired) electrons. The van der Waals surface area contributed by atoms with Crippen LogP contribution in [0.2, 0.25) is 0 Å². The molecular formula is C16H19NO2. The Morgan fingerprint density at radius 3 is 2.79 bits per heavy atom. The Morgan fingerprint density at radius 1 is 1.21 bits per heavy atom. The Bertz CT molecular complexity index is 511. The molecule has 1 aromatic heterocycles. The van der Waals surface area contributed by atoms with E-state index in [0.29, 0.717) is 11.5 Å². The van der Waals surface area contributed by atoms with E-state index in [1.54, 1.807) is 24.5 Å². The van der Waals surface area contributed by atoms with Crippen LogP contribution in [0.25, 0.3) is 0 Å². The topological polar surface area (TPSA) is 42.4 Å². The van der Waals surface area contributed by atoms with E-state index in [2.05, 4.69) is 11.9 Å². The summed E-state index contributed by atoms with van der Waals surface area (Å²) in [6.45, 7) is 2.18. The van der Waals surface area contributed by atoms with Gasteiger partial charge in [-0.05, 0) is 42.7 Å². The van der Waals surface area contributed by atoms with Crippen molar-refractivity contribution in [3.05, 3.63) is 48.3 Å². The first-order valence-corrected chi connectivity index (χ1v) is 6.69. The van der Waals surface area contributed by atoms with Crippen LogP contribution >= 0.6 is 0 Å². The van der Waals surface area contributed by atoms with Gasteiger partial charge in [0, 0.05) is 6.20 Å². The summed E-state index contributed by atoms with van der Waals surface area (Å²) in [6.07, 6.45) is 7.87. The number of benzene rings is 1. The van der Waals surface area contributed by atoms with Crippen molar-refractivity contribution in [3.63, 3.8) is 0 Å². The molecule has 1 aromatic carbocycles. The second-order valence-corrected chi connectivity index (χ2v) is 4.55. The third-order valence-corrected chi connectivity index (χ3v) is 2.95. The normalized spacial score (nSPS) is 10.4. The molecule has 0 aliphatic carbocycles. The number of unbranched alkanes of at least 4 members (excludes halogenated alkanes) is 2. The molecule has 100 valence electrons. The molecule has 0 spiro atoms. The highest BCUT2D eigenvalue weighted by Gasteiger charge is 2.05. The first kappa shape index (κ1) is 13.4. The fourth-order valence-corrected chi connectivity index (χ4v) is 1.92. The van der Waals surface area contributed by atoms with Crippen LogP contribution in [0, 0.1) is 0 Å². The van der Waals surface area contributed by atoms with Crippen molar-refractivity contribution < 1.29 is 9.84 Å². The van der Waals surface area contributed by atoms with Gasteiger partial charge in [0.15, 0.2) is 11.5 Å². The minimum atomic E-state index is 0.179. The van der Waals surface area contributed by atoms with Crippen molar-refractivity contribution in [1.82, 2.24) is 4.98 Å². The van der Waals surface area contributed by atoms with E-state index in [4.69, 9.17) is 4.74 Å². The summed E-state index contributed by atoms with van der Waals surface area (Å²) in [7, 11) is 0. The zero-order chi connectivity index (χ0) is 13.5. The maximum absolute atomic E-state index is 9.96. The van der Waals surface area contributed by atoms with E-state index >= 15 is 0 Å². The van der Waals surface area contributed by atoms with Crippen LogP contribution in [-0.2, 0) is 6.42 Å². The lowest BCUT2D eigenvalue weighted by atomic mass is 10.1. The van der Waals surface area contributed by atoms with Gasteiger partial charge in [-0.3, -0.25) is 4.98 Å². The highest BCUT2D eigenvalue weighted by Crippen LogP contribution is 2.31. The molecule has 3 heteroatoms. The Morgan fingerprint density at radius 2 is 2.11 bits per heavy atom. The molecule has 0 atom stereocenters. The lowest BCUT2D eigenvalue weighted by Gasteiger charge is -2.08. The van der Waals surface area contributed by atoms with Crippen LogP contribution in [0.1, 0.15) is 31.7 Å². The Balaban J connectivity index is 2.03. The molecule has 0 fully saturated rings. The van der Waals surface area contributed by atoms with E-state index in [9.17, 15) is 5.11 Å². The number of aromatic nitrogens is 1. The predicted molar refractivity (Wildman–Crippen MR) is 75.6 cm³/mol. The molecule has 2 rings (SSSR count). The summed E-state index contributed by atoms with van der Waals surface area (Å²) in [5.41, 5.74) is 1.14. The number of aryl methyl sites for hydroxylation is 1. The molecule has 0 amide bonds. The van der Waals surface area contributed by atoms with E-state index < -0.39 is 0 Å². The standard InChI is InChI=1S/C16H19NO2/c1-2-3-4-6-13-8-9-16(15(18)11-13)19-14-7-5-10-17-12-14/h5,7-12,18H,2-4,6H2,1H3. The van der Waals surface area contributed by atoms with Gasteiger partial charge in [-0.25, -0.2) is 0 Å². The van der Waals surface area contributed by atoms with Crippen LogP contribution in [0.4, 0.5) is 0 Å². The number of nitrogens with zero attached hydrogens (tertiary/aromatic N) is 1. The summed E-state index contributed by atoms with van der Waals surface area (Å²) in [4.78, 5) is 3.97. The first-order valence-electron chi connectivity index (χ1n) is 6.69. The van der Waals surface area contributed by atoms with Crippen molar-refractivity contribution in [2.45, 2.75) is 32.6 Å². The minimum Gasteiger partial charge on any atom is -0.504 e. The second kappa shape index (κ2) is 6.78. The van der Waals surface area contributed by atoms with Gasteiger partial charge in [0.05, 0.1) is 6.20 Å². The lowest BCUT2D eigenvalue weighted by Crippen LogP contribution is -1.89. The molecule has 0 bridgehead atoms. The number of pyridine rings is 1. The summed E-state index contributed by atoms with van der Waals surface area (Å²) in [6, 6.07) is 9.19. The van der Waals surface area contributed by atoms with Gasteiger partial charge < -0.3 is 9.84 Å². The fourth-order valence-electron chi connectivity index (χ4n) is 1.92. The molecule has 2 aromatic rings. The number of rotatable bonds is 6. The number of hydrogen-bond donors (Lipinski definition) is 1. The van der Waals surface area contributed by atoms with Crippen molar-refractivity contribution in [2.24, 2.45) is 0 Å². The zero-order valence-corrected chi connectivity index (χ0v) is 11.2. The van der Waals surface area contributed by atoms with Gasteiger partial charge in [-0.15, -0.1) is 0 Å². The van der Waals surface area contributed by atoms with Crippen molar-refractivity contribution >= 4 is 0 Å². The average Bonchev–Trinajstić information content (AvgIpc) is 2.43. The maximum atomic E-state index is 9.96. The number of phenolic OH excluding ortho intramolecular Hbond substituents is 1. The predicted octanol–water partition coefficient (Wildman–Crippen LogP) is 4.31. The van der Waals surface area contributed by atoms with Crippen molar-refractivity contribution in [3.8, 4) is 17.2 Å². The Kier molecular flexibility index (Phi) is 4.78. The highest BCUT2D eigenvalue weighted by atomic mass is 16.5. The fraction of sp³-hybridized carbons (Fsp3) is 0.312. The summed E-state index contributed by atoms with van der Waals surface area (Å²) in [5.74, 6) is 1.27. The SMILES string of the molecule is CCCCCc1ccc(Oc2cccnc2)c(O)c1. The zero-order valence-electron chi connectivity index (χ0n) is 11.2. The van der Waals surface area contributed by atoms with Gasteiger partial charge >= 0.3 is 0 Å². The van der Waals surface area contributed by atoms with E-state index in [0.717, 1.165) is 18.4 Å². The Labute approximate surface area is 113 Å². The van der Waals surface area contributed by atoms with Gasteiger partial charge in [-0.2, -0.15) is 0 Å². The molecule has 0 aliphatic heterocycles. The van der Waals surface area contributed by atoms with Crippen LogP contribution in [0.15, 0.2) is 42.7 Å². The first-order chi connectivity index (χ1) is 9.29. The van der Waals surface area contributed by atoms with E-state index in [1.807, 2.05) is 18.2 Å². The lowest BCUT2D eigenvalue weighted by molar-refractivity contribution is 0.409. The monoisotopic (exact) mass is 257 g/mol. The average molecular weight is 257 g/mol. The third-order valence-electron chi connectivity index (χ3n) is 2.95. The molecule has 0 unspecified atom stereocenters. The van der Waals surface area contributed by atoms with Gasteiger partial charge in [-0.1, -0.05) is 25.8 Å². The quantitative estimate of drug-likeness (QED) is 0.784.